The van der Waals surface area contributed by atoms with Crippen LogP contribution >= 0.6 is 11.8 Å². The fourth-order valence-electron chi connectivity index (χ4n) is 2.73. The number of likely N-dealkylation sites (tertiary alicyclic amines) is 2. The molecule has 2 saturated heterocycles. The average molecular weight is 200 g/mol. The summed E-state index contributed by atoms with van der Waals surface area (Å²) in [6, 6.07) is 0. The molecular weight excluding hydrogens is 180 g/mol. The van der Waals surface area contributed by atoms with Gasteiger partial charge in [-0.15, -0.1) is 0 Å². The van der Waals surface area contributed by atoms with Gasteiger partial charge in [0.1, 0.15) is 0 Å². The minimum absolute atomic E-state index is 0.979. The van der Waals surface area contributed by atoms with Crippen LogP contribution in [0.25, 0.3) is 0 Å². The van der Waals surface area contributed by atoms with E-state index in [1.807, 2.05) is 11.8 Å². The van der Waals surface area contributed by atoms with Crippen LogP contribution in [0.1, 0.15) is 0 Å². The molecule has 2 atom stereocenters. The number of thioether (sulfide) groups is 1. The second-order valence-corrected chi connectivity index (χ2v) is 5.48. The summed E-state index contributed by atoms with van der Waals surface area (Å²) in [5.74, 6) is 3.26. The molecule has 76 valence electrons. The molecule has 2 aliphatic heterocycles. The van der Waals surface area contributed by atoms with Gasteiger partial charge in [-0.1, -0.05) is 0 Å². The van der Waals surface area contributed by atoms with E-state index < -0.39 is 0 Å². The molecule has 0 aromatic rings. The van der Waals surface area contributed by atoms with Crippen molar-refractivity contribution in [2.45, 2.75) is 0 Å². The highest BCUT2D eigenvalue weighted by atomic mass is 32.2. The molecule has 0 unspecified atom stereocenters. The largest absolute Gasteiger partial charge is 0.306 e. The van der Waals surface area contributed by atoms with Gasteiger partial charge >= 0.3 is 0 Å². The Morgan fingerprint density at radius 3 is 2.31 bits per heavy atom. The molecule has 0 spiro atoms. The van der Waals surface area contributed by atoms with Crippen molar-refractivity contribution < 1.29 is 0 Å². The van der Waals surface area contributed by atoms with E-state index in [1.165, 1.54) is 38.5 Å². The van der Waals surface area contributed by atoms with Crippen molar-refractivity contribution >= 4 is 11.8 Å². The van der Waals surface area contributed by atoms with Crippen LogP contribution in [0.15, 0.2) is 0 Å². The summed E-state index contributed by atoms with van der Waals surface area (Å²) in [5.41, 5.74) is 0. The van der Waals surface area contributed by atoms with E-state index in [9.17, 15) is 0 Å². The fourth-order valence-corrected chi connectivity index (χ4v) is 3.17. The molecule has 2 fully saturated rings. The number of nitrogens with zero attached hydrogens (tertiary/aromatic N) is 2. The normalized spacial score (nSPS) is 35.5. The summed E-state index contributed by atoms with van der Waals surface area (Å²) >= 11 is 1.97. The maximum Gasteiger partial charge on any atom is 0.00725 e. The van der Waals surface area contributed by atoms with Gasteiger partial charge in [0.25, 0.3) is 0 Å². The van der Waals surface area contributed by atoms with Gasteiger partial charge in [0.15, 0.2) is 0 Å². The topological polar surface area (TPSA) is 6.48 Å². The van der Waals surface area contributed by atoms with E-state index >= 15 is 0 Å². The lowest BCUT2D eigenvalue weighted by atomic mass is 10.0. The Balaban J connectivity index is 1.77. The third kappa shape index (κ3) is 2.20. The molecule has 0 radical (unpaired) electrons. The van der Waals surface area contributed by atoms with E-state index in [0.29, 0.717) is 0 Å². The molecular formula is C10H20N2S. The number of rotatable bonds is 3. The Hall–Kier alpha value is 0.270. The molecule has 2 nitrogen and oxygen atoms in total. The van der Waals surface area contributed by atoms with Gasteiger partial charge in [0.05, 0.1) is 0 Å². The van der Waals surface area contributed by atoms with Crippen LogP contribution in [-0.2, 0) is 0 Å². The third-order valence-corrected chi connectivity index (χ3v) is 3.95. The van der Waals surface area contributed by atoms with Crippen LogP contribution in [0, 0.1) is 11.8 Å². The smallest absolute Gasteiger partial charge is 0.00725 e. The molecule has 0 saturated carbocycles. The lowest BCUT2D eigenvalue weighted by molar-refractivity contribution is 0.290. The van der Waals surface area contributed by atoms with Crippen LogP contribution in [0.2, 0.25) is 0 Å². The Kier molecular flexibility index (Phi) is 3.17. The van der Waals surface area contributed by atoms with Crippen LogP contribution in [-0.4, -0.2) is 61.6 Å². The highest BCUT2D eigenvalue weighted by Crippen LogP contribution is 2.29. The molecule has 0 aromatic heterocycles. The van der Waals surface area contributed by atoms with Crippen molar-refractivity contribution in [3.63, 3.8) is 0 Å². The van der Waals surface area contributed by atoms with Crippen molar-refractivity contribution in [2.75, 3.05) is 51.8 Å². The van der Waals surface area contributed by atoms with Gasteiger partial charge in [-0.3, -0.25) is 0 Å². The molecule has 3 heteroatoms. The third-order valence-electron chi connectivity index (χ3n) is 3.36. The zero-order valence-electron chi connectivity index (χ0n) is 8.70. The van der Waals surface area contributed by atoms with Crippen molar-refractivity contribution in [3.8, 4) is 0 Å². The summed E-state index contributed by atoms with van der Waals surface area (Å²) in [6.07, 6.45) is 2.20. The van der Waals surface area contributed by atoms with Crippen molar-refractivity contribution in [3.05, 3.63) is 0 Å². The first kappa shape index (κ1) is 9.81. The van der Waals surface area contributed by atoms with Crippen molar-refractivity contribution in [2.24, 2.45) is 11.8 Å². The van der Waals surface area contributed by atoms with Crippen LogP contribution in [0.5, 0.6) is 0 Å². The van der Waals surface area contributed by atoms with Gasteiger partial charge in [-0.2, -0.15) is 11.8 Å². The minimum Gasteiger partial charge on any atom is -0.306 e. The lowest BCUT2D eigenvalue weighted by Crippen LogP contribution is -2.28. The summed E-state index contributed by atoms with van der Waals surface area (Å²) in [7, 11) is 2.25. The Labute approximate surface area is 85.7 Å². The first-order valence-corrected chi connectivity index (χ1v) is 6.59. The van der Waals surface area contributed by atoms with Crippen LogP contribution in [0.3, 0.4) is 0 Å². The fraction of sp³-hybridized carbons (Fsp3) is 1.00. The molecule has 0 aliphatic carbocycles. The van der Waals surface area contributed by atoms with Gasteiger partial charge in [0, 0.05) is 38.5 Å². The molecule has 2 heterocycles. The standard InChI is InChI=1S/C10H20N2S/c1-11-5-9-7-12(3-4-13-2)8-10(9)6-11/h9-10H,3-8H2,1-2H3/t9-,10+. The van der Waals surface area contributed by atoms with Crippen LogP contribution in [0.4, 0.5) is 0 Å². The Morgan fingerprint density at radius 1 is 1.15 bits per heavy atom. The zero-order chi connectivity index (χ0) is 9.26. The number of fused-ring (bicyclic) bond motifs is 1. The number of hydrogen-bond donors (Lipinski definition) is 0. The predicted molar refractivity (Wildman–Crippen MR) is 59.3 cm³/mol. The zero-order valence-corrected chi connectivity index (χ0v) is 9.52. The maximum absolute atomic E-state index is 2.65. The second-order valence-electron chi connectivity index (χ2n) is 4.49. The first-order valence-electron chi connectivity index (χ1n) is 5.19. The summed E-state index contributed by atoms with van der Waals surface area (Å²) < 4.78 is 0. The Bertz CT molecular complexity index is 160. The molecule has 0 bridgehead atoms. The monoisotopic (exact) mass is 200 g/mol. The molecule has 0 N–H and O–H groups in total. The lowest BCUT2D eigenvalue weighted by Gasteiger charge is -2.17. The molecule has 2 rings (SSSR count). The molecule has 0 aromatic carbocycles. The Morgan fingerprint density at radius 2 is 1.77 bits per heavy atom. The molecule has 13 heavy (non-hydrogen) atoms. The summed E-state index contributed by atoms with van der Waals surface area (Å²) in [6.45, 7) is 6.68. The minimum atomic E-state index is 0.979. The van der Waals surface area contributed by atoms with Gasteiger partial charge < -0.3 is 9.80 Å². The molecule has 2 aliphatic rings. The molecule has 0 amide bonds. The summed E-state index contributed by atoms with van der Waals surface area (Å²) in [5, 5.41) is 0. The van der Waals surface area contributed by atoms with E-state index in [2.05, 4.69) is 23.1 Å². The maximum atomic E-state index is 2.65. The average Bonchev–Trinajstić information content (AvgIpc) is 2.57. The number of hydrogen-bond acceptors (Lipinski definition) is 3. The van der Waals surface area contributed by atoms with Crippen molar-refractivity contribution in [1.82, 2.24) is 9.80 Å². The van der Waals surface area contributed by atoms with Gasteiger partial charge in [-0.25, -0.2) is 0 Å². The predicted octanol–water partition coefficient (Wildman–Crippen LogP) is 0.843. The SMILES string of the molecule is CSCCN1C[C@H]2CN(C)C[C@H]2C1. The van der Waals surface area contributed by atoms with Gasteiger partial charge in [0.2, 0.25) is 0 Å². The summed E-state index contributed by atoms with van der Waals surface area (Å²) in [4.78, 5) is 5.14. The highest BCUT2D eigenvalue weighted by molar-refractivity contribution is 7.98. The van der Waals surface area contributed by atoms with E-state index in [4.69, 9.17) is 0 Å². The second kappa shape index (κ2) is 4.20. The first-order chi connectivity index (χ1) is 6.29. The van der Waals surface area contributed by atoms with Crippen molar-refractivity contribution in [1.29, 1.82) is 0 Å². The van der Waals surface area contributed by atoms with E-state index in [1.54, 1.807) is 0 Å². The van der Waals surface area contributed by atoms with E-state index in [0.717, 1.165) is 11.8 Å². The quantitative estimate of drug-likeness (QED) is 0.667. The van der Waals surface area contributed by atoms with E-state index in [-0.39, 0.29) is 0 Å². The highest BCUT2D eigenvalue weighted by Gasteiger charge is 2.37. The van der Waals surface area contributed by atoms with Crippen LogP contribution < -0.4 is 0 Å². The van der Waals surface area contributed by atoms with Gasteiger partial charge in [-0.05, 0) is 25.1 Å².